The van der Waals surface area contributed by atoms with Crippen LogP contribution in [0.1, 0.15) is 0 Å². The number of rotatable bonds is 1. The van der Waals surface area contributed by atoms with Gasteiger partial charge in [0.05, 0.1) is 0 Å². The molecule has 22 heavy (non-hydrogen) atoms. The highest BCUT2D eigenvalue weighted by molar-refractivity contribution is 5.94. The van der Waals surface area contributed by atoms with Crippen LogP contribution in [0.25, 0.3) is 22.0 Å². The Morgan fingerprint density at radius 3 is 2.36 bits per heavy atom. The van der Waals surface area contributed by atoms with E-state index in [2.05, 4.69) is 19.9 Å². The van der Waals surface area contributed by atoms with Gasteiger partial charge in [-0.1, -0.05) is 0 Å². The molecule has 0 amide bonds. The van der Waals surface area contributed by atoms with Gasteiger partial charge in [0, 0.05) is 53.0 Å². The van der Waals surface area contributed by atoms with Crippen molar-refractivity contribution in [2.45, 2.75) is 6.18 Å². The molecule has 3 heterocycles. The highest BCUT2D eigenvalue weighted by atomic mass is 19.4. The van der Waals surface area contributed by atoms with E-state index >= 15 is 0 Å². The SMILES string of the molecule is O=C(O)C(F)(F)F.c1cc2[nH]cc(-c3cncnc3)c2cn1. The van der Waals surface area contributed by atoms with Crippen molar-refractivity contribution in [3.05, 3.63) is 43.4 Å². The standard InChI is InChI=1S/C11H8N4.C2HF3O2/c1-2-12-5-10-9(6-15-11(1)10)8-3-13-7-14-4-8;3-2(4,5)1(6)7/h1-7,15H;(H,6,7). The van der Waals surface area contributed by atoms with Gasteiger partial charge in [0.15, 0.2) is 0 Å². The van der Waals surface area contributed by atoms with Crippen LogP contribution in [0.15, 0.2) is 43.4 Å². The molecule has 0 unspecified atom stereocenters. The van der Waals surface area contributed by atoms with Gasteiger partial charge >= 0.3 is 12.1 Å². The first-order chi connectivity index (χ1) is 10.4. The first-order valence-corrected chi connectivity index (χ1v) is 5.86. The fourth-order valence-electron chi connectivity index (χ4n) is 1.64. The molecule has 3 aromatic heterocycles. The zero-order valence-electron chi connectivity index (χ0n) is 10.9. The number of halogens is 3. The van der Waals surface area contributed by atoms with Crippen molar-refractivity contribution in [1.82, 2.24) is 19.9 Å². The van der Waals surface area contributed by atoms with Gasteiger partial charge in [-0.2, -0.15) is 13.2 Å². The number of carboxylic acids is 1. The van der Waals surface area contributed by atoms with E-state index in [0.29, 0.717) is 0 Å². The molecule has 0 bridgehead atoms. The Morgan fingerprint density at radius 1 is 1.14 bits per heavy atom. The van der Waals surface area contributed by atoms with Crippen LogP contribution in [-0.4, -0.2) is 37.2 Å². The number of aromatic amines is 1. The van der Waals surface area contributed by atoms with Crippen molar-refractivity contribution in [3.8, 4) is 11.1 Å². The normalized spacial score (nSPS) is 10.9. The number of pyridine rings is 1. The quantitative estimate of drug-likeness (QED) is 0.721. The summed E-state index contributed by atoms with van der Waals surface area (Å²) < 4.78 is 31.7. The van der Waals surface area contributed by atoms with Crippen LogP contribution in [0.5, 0.6) is 0 Å². The number of carboxylic acid groups (broad SMARTS) is 1. The molecule has 0 aliphatic rings. The number of hydrogen-bond acceptors (Lipinski definition) is 4. The lowest BCUT2D eigenvalue weighted by Gasteiger charge is -1.96. The van der Waals surface area contributed by atoms with E-state index in [9.17, 15) is 13.2 Å². The molecule has 2 N–H and O–H groups in total. The molecule has 0 spiro atoms. The molecular formula is C13H9F3N4O2. The van der Waals surface area contributed by atoms with E-state index in [1.54, 1.807) is 18.6 Å². The molecule has 3 aromatic rings. The summed E-state index contributed by atoms with van der Waals surface area (Å²) in [7, 11) is 0. The first kappa shape index (κ1) is 15.4. The minimum absolute atomic E-state index is 0.997. The van der Waals surface area contributed by atoms with Gasteiger partial charge < -0.3 is 10.1 Å². The molecular weight excluding hydrogens is 301 g/mol. The lowest BCUT2D eigenvalue weighted by molar-refractivity contribution is -0.192. The number of nitrogens with zero attached hydrogens (tertiary/aromatic N) is 3. The monoisotopic (exact) mass is 310 g/mol. The Labute approximate surface area is 121 Å². The van der Waals surface area contributed by atoms with Gasteiger partial charge in [-0.25, -0.2) is 14.8 Å². The molecule has 0 fully saturated rings. The summed E-state index contributed by atoms with van der Waals surface area (Å²) in [4.78, 5) is 24.2. The molecule has 0 aliphatic carbocycles. The second-order valence-corrected chi connectivity index (χ2v) is 4.05. The fraction of sp³-hybridized carbons (Fsp3) is 0.0769. The highest BCUT2D eigenvalue weighted by Gasteiger charge is 2.38. The van der Waals surface area contributed by atoms with Gasteiger partial charge in [-0.15, -0.1) is 0 Å². The van der Waals surface area contributed by atoms with E-state index < -0.39 is 12.1 Å². The summed E-state index contributed by atoms with van der Waals surface area (Å²) >= 11 is 0. The van der Waals surface area contributed by atoms with E-state index in [0.717, 1.165) is 22.0 Å². The molecule has 0 saturated heterocycles. The Hall–Kier alpha value is -2.97. The van der Waals surface area contributed by atoms with E-state index in [4.69, 9.17) is 9.90 Å². The number of nitrogens with one attached hydrogen (secondary N) is 1. The molecule has 0 aromatic carbocycles. The minimum Gasteiger partial charge on any atom is -0.475 e. The van der Waals surface area contributed by atoms with Gasteiger partial charge in [0.25, 0.3) is 0 Å². The maximum Gasteiger partial charge on any atom is 0.490 e. The third kappa shape index (κ3) is 3.57. The molecule has 6 nitrogen and oxygen atoms in total. The predicted molar refractivity (Wildman–Crippen MR) is 70.8 cm³/mol. The number of fused-ring (bicyclic) bond motifs is 1. The number of carbonyl (C=O) groups is 1. The highest BCUT2D eigenvalue weighted by Crippen LogP contribution is 2.26. The number of alkyl halides is 3. The minimum atomic E-state index is -5.08. The van der Waals surface area contributed by atoms with Gasteiger partial charge in [0.1, 0.15) is 6.33 Å². The summed E-state index contributed by atoms with van der Waals surface area (Å²) in [5, 5.41) is 8.22. The van der Waals surface area contributed by atoms with Crippen LogP contribution in [0.3, 0.4) is 0 Å². The van der Waals surface area contributed by atoms with Gasteiger partial charge in [0.2, 0.25) is 0 Å². The second-order valence-electron chi connectivity index (χ2n) is 4.05. The summed E-state index contributed by atoms with van der Waals surface area (Å²) in [6.45, 7) is 0. The van der Waals surface area contributed by atoms with Crippen molar-refractivity contribution in [3.63, 3.8) is 0 Å². The van der Waals surface area contributed by atoms with Crippen LogP contribution in [0.4, 0.5) is 13.2 Å². The first-order valence-electron chi connectivity index (χ1n) is 5.86. The number of aromatic nitrogens is 4. The van der Waals surface area contributed by atoms with Crippen LogP contribution < -0.4 is 0 Å². The summed E-state index contributed by atoms with van der Waals surface area (Å²) in [6, 6.07) is 1.95. The zero-order chi connectivity index (χ0) is 16.2. The van der Waals surface area contributed by atoms with Crippen molar-refractivity contribution >= 4 is 16.9 Å². The Bertz CT molecular complexity index is 772. The maximum absolute atomic E-state index is 10.6. The van der Waals surface area contributed by atoms with Crippen LogP contribution in [-0.2, 0) is 4.79 Å². The van der Waals surface area contributed by atoms with Crippen LogP contribution in [0, 0.1) is 0 Å². The van der Waals surface area contributed by atoms with Crippen molar-refractivity contribution in [2.24, 2.45) is 0 Å². The Morgan fingerprint density at radius 2 is 1.77 bits per heavy atom. The fourth-order valence-corrected chi connectivity index (χ4v) is 1.64. The topological polar surface area (TPSA) is 91.8 Å². The summed E-state index contributed by atoms with van der Waals surface area (Å²) in [6.07, 6.45) is 5.59. The van der Waals surface area contributed by atoms with E-state index in [-0.39, 0.29) is 0 Å². The summed E-state index contributed by atoms with van der Waals surface area (Å²) in [5.41, 5.74) is 3.15. The van der Waals surface area contributed by atoms with Gasteiger partial charge in [-0.05, 0) is 6.07 Å². The Kier molecular flexibility index (Phi) is 4.35. The number of H-pyrrole nitrogens is 1. The molecule has 0 radical (unpaired) electrons. The van der Waals surface area contributed by atoms with Crippen molar-refractivity contribution in [2.75, 3.05) is 0 Å². The molecule has 9 heteroatoms. The van der Waals surface area contributed by atoms with E-state index in [1.807, 2.05) is 18.5 Å². The number of hydrogen-bond donors (Lipinski definition) is 2. The van der Waals surface area contributed by atoms with Crippen molar-refractivity contribution in [1.29, 1.82) is 0 Å². The number of aliphatic carboxylic acids is 1. The molecule has 0 atom stereocenters. The van der Waals surface area contributed by atoms with Crippen LogP contribution in [0.2, 0.25) is 0 Å². The molecule has 0 aliphatic heterocycles. The van der Waals surface area contributed by atoms with Crippen LogP contribution >= 0.6 is 0 Å². The third-order valence-corrected chi connectivity index (χ3v) is 2.60. The molecule has 0 saturated carbocycles. The largest absolute Gasteiger partial charge is 0.490 e. The maximum atomic E-state index is 10.6. The molecule has 114 valence electrons. The van der Waals surface area contributed by atoms with Crippen molar-refractivity contribution < 1.29 is 23.1 Å². The second kappa shape index (κ2) is 6.20. The summed E-state index contributed by atoms with van der Waals surface area (Å²) in [5.74, 6) is -2.76. The lowest BCUT2D eigenvalue weighted by atomic mass is 10.1. The smallest absolute Gasteiger partial charge is 0.475 e. The lowest BCUT2D eigenvalue weighted by Crippen LogP contribution is -2.21. The average Bonchev–Trinajstić information content (AvgIpc) is 2.92. The van der Waals surface area contributed by atoms with Gasteiger partial charge in [-0.3, -0.25) is 4.98 Å². The van der Waals surface area contributed by atoms with E-state index in [1.165, 1.54) is 6.33 Å². The Balaban J connectivity index is 0.000000217. The average molecular weight is 310 g/mol. The molecule has 3 rings (SSSR count). The zero-order valence-corrected chi connectivity index (χ0v) is 10.9. The predicted octanol–water partition coefficient (Wildman–Crippen LogP) is 2.65. The third-order valence-electron chi connectivity index (χ3n) is 2.60.